The summed E-state index contributed by atoms with van der Waals surface area (Å²) in [6.45, 7) is 6.75. The van der Waals surface area contributed by atoms with Crippen LogP contribution >= 0.6 is 0 Å². The molecule has 0 radical (unpaired) electrons. The van der Waals surface area contributed by atoms with Crippen molar-refractivity contribution in [2.45, 2.75) is 45.7 Å². The highest BCUT2D eigenvalue weighted by molar-refractivity contribution is 5.02. The average Bonchev–Trinajstić information content (AvgIpc) is 2.80. The van der Waals surface area contributed by atoms with E-state index in [0.29, 0.717) is 18.5 Å². The fraction of sp³-hybridized carbons (Fsp3) is 0.692. The van der Waals surface area contributed by atoms with Crippen LogP contribution in [0.15, 0.2) is 24.8 Å². The molecule has 0 fully saturated rings. The molecule has 6 heteroatoms. The Balaban J connectivity index is 0.00000162. The van der Waals surface area contributed by atoms with E-state index in [9.17, 15) is 0 Å². The van der Waals surface area contributed by atoms with Crippen LogP contribution in [0.5, 0.6) is 0 Å². The molecule has 0 aliphatic carbocycles. The zero-order valence-corrected chi connectivity index (χ0v) is 12.5. The van der Waals surface area contributed by atoms with E-state index in [2.05, 4.69) is 79.3 Å². The zero-order chi connectivity index (χ0) is 12.6. The molecule has 0 bridgehead atoms. The normalized spacial score (nSPS) is 26.6. The quantitative estimate of drug-likeness (QED) is 0.735. The highest BCUT2D eigenvalue weighted by Gasteiger charge is 2.32. The van der Waals surface area contributed by atoms with Gasteiger partial charge in [0.15, 0.2) is 0 Å². The molecule has 2 unspecified atom stereocenters. The summed E-state index contributed by atoms with van der Waals surface area (Å²) in [4.78, 5) is 9.35. The molecule has 0 spiro atoms. The third-order valence-electron chi connectivity index (χ3n) is 4.04. The molecule has 0 saturated heterocycles. The number of hydrogen-bond donors (Lipinski definition) is 0. The first-order valence-corrected chi connectivity index (χ1v) is 6.41. The smallest absolute Gasteiger partial charge is 0.104 e. The molecular weight excluding hydrogens is 244 g/mol. The largest absolute Gasteiger partial charge is 0.412 e. The van der Waals surface area contributed by atoms with E-state index in [-0.39, 0.29) is 11.0 Å². The van der Waals surface area contributed by atoms with Crippen molar-refractivity contribution < 1.29 is 11.0 Å². The minimum absolute atomic E-state index is 0. The summed E-state index contributed by atoms with van der Waals surface area (Å²) >= 11 is 0. The van der Waals surface area contributed by atoms with Crippen molar-refractivity contribution in [2.75, 3.05) is 14.1 Å². The summed E-state index contributed by atoms with van der Waals surface area (Å²) in [5.41, 5.74) is 0. The van der Waals surface area contributed by atoms with Gasteiger partial charge in [0.25, 0.3) is 0 Å². The highest BCUT2D eigenvalue weighted by atomic mass is 16.0. The maximum atomic E-state index is 2.43. The Hall–Kier alpha value is -1.40. The van der Waals surface area contributed by atoms with Gasteiger partial charge in [-0.3, -0.25) is 0 Å². The van der Waals surface area contributed by atoms with Gasteiger partial charge in [0.2, 0.25) is 0 Å². The fourth-order valence-electron chi connectivity index (χ4n) is 2.56. The first kappa shape index (κ1) is 17.6. The second kappa shape index (κ2) is 6.68. The molecule has 0 amide bonds. The maximum Gasteiger partial charge on any atom is 0.104 e. The van der Waals surface area contributed by atoms with Gasteiger partial charge in [-0.25, -0.2) is 0 Å². The molecule has 2 atom stereocenters. The molecule has 112 valence electrons. The van der Waals surface area contributed by atoms with Gasteiger partial charge < -0.3 is 30.6 Å². The SMILES string of the molecule is CCC(N1C=CN(C)C1C)N1C=CN(C)C1C.O.O. The van der Waals surface area contributed by atoms with Gasteiger partial charge in [-0.05, 0) is 20.3 Å². The minimum Gasteiger partial charge on any atom is -0.412 e. The molecule has 0 aromatic carbocycles. The topological polar surface area (TPSA) is 76.0 Å². The molecule has 2 rings (SSSR count). The molecule has 19 heavy (non-hydrogen) atoms. The number of hydrogen-bond acceptors (Lipinski definition) is 4. The second-order valence-electron chi connectivity index (χ2n) is 4.97. The van der Waals surface area contributed by atoms with Crippen LogP contribution in [0.3, 0.4) is 0 Å². The Labute approximate surface area is 116 Å². The lowest BCUT2D eigenvalue weighted by atomic mass is 10.2. The third kappa shape index (κ3) is 2.96. The van der Waals surface area contributed by atoms with Crippen molar-refractivity contribution >= 4 is 0 Å². The van der Waals surface area contributed by atoms with Crippen LogP contribution in [0.2, 0.25) is 0 Å². The van der Waals surface area contributed by atoms with Crippen LogP contribution in [0.4, 0.5) is 0 Å². The van der Waals surface area contributed by atoms with Crippen LogP contribution in [0.25, 0.3) is 0 Å². The van der Waals surface area contributed by atoms with Crippen molar-refractivity contribution in [3.05, 3.63) is 24.8 Å². The summed E-state index contributed by atoms with van der Waals surface area (Å²) < 4.78 is 0. The van der Waals surface area contributed by atoms with Crippen molar-refractivity contribution in [1.82, 2.24) is 19.6 Å². The van der Waals surface area contributed by atoms with Crippen LogP contribution < -0.4 is 0 Å². The van der Waals surface area contributed by atoms with Crippen molar-refractivity contribution in [2.24, 2.45) is 0 Å². The van der Waals surface area contributed by atoms with E-state index in [1.54, 1.807) is 0 Å². The number of rotatable bonds is 3. The first-order chi connectivity index (χ1) is 8.06. The van der Waals surface area contributed by atoms with Gasteiger partial charge in [-0.15, -0.1) is 0 Å². The van der Waals surface area contributed by atoms with Crippen LogP contribution in [-0.2, 0) is 0 Å². The summed E-state index contributed by atoms with van der Waals surface area (Å²) in [6.07, 6.45) is 11.1. The predicted molar refractivity (Wildman–Crippen MR) is 77.7 cm³/mol. The van der Waals surface area contributed by atoms with E-state index >= 15 is 0 Å². The molecule has 2 aliphatic rings. The lowest BCUT2D eigenvalue weighted by Crippen LogP contribution is -2.51. The van der Waals surface area contributed by atoms with E-state index in [0.717, 1.165) is 6.42 Å². The van der Waals surface area contributed by atoms with E-state index in [1.807, 2.05) is 0 Å². The summed E-state index contributed by atoms with van der Waals surface area (Å²) in [5.74, 6) is 0. The second-order valence-corrected chi connectivity index (χ2v) is 4.97. The minimum atomic E-state index is 0. The molecule has 4 N–H and O–H groups in total. The Bertz CT molecular complexity index is 305. The van der Waals surface area contributed by atoms with Crippen molar-refractivity contribution in [3.63, 3.8) is 0 Å². The van der Waals surface area contributed by atoms with Gasteiger partial charge >= 0.3 is 0 Å². The summed E-state index contributed by atoms with van der Waals surface area (Å²) in [7, 11) is 4.26. The Kier molecular flexibility index (Phi) is 6.18. The first-order valence-electron chi connectivity index (χ1n) is 6.41. The highest BCUT2D eigenvalue weighted by Crippen LogP contribution is 2.26. The number of nitrogens with zero attached hydrogens (tertiary/aromatic N) is 4. The fourth-order valence-corrected chi connectivity index (χ4v) is 2.56. The van der Waals surface area contributed by atoms with E-state index in [4.69, 9.17) is 0 Å². The summed E-state index contributed by atoms with van der Waals surface area (Å²) in [6, 6.07) is 0. The van der Waals surface area contributed by atoms with Gasteiger partial charge in [-0.2, -0.15) is 0 Å². The Morgan fingerprint density at radius 3 is 1.42 bits per heavy atom. The lowest BCUT2D eigenvalue weighted by molar-refractivity contribution is 0.0204. The monoisotopic (exact) mass is 272 g/mol. The predicted octanol–water partition coefficient (Wildman–Crippen LogP) is 0.202. The molecule has 0 aromatic rings. The van der Waals surface area contributed by atoms with Crippen LogP contribution in [0, 0.1) is 0 Å². The van der Waals surface area contributed by atoms with E-state index in [1.165, 1.54) is 0 Å². The zero-order valence-electron chi connectivity index (χ0n) is 12.5. The van der Waals surface area contributed by atoms with Crippen molar-refractivity contribution in [3.8, 4) is 0 Å². The average molecular weight is 272 g/mol. The maximum absolute atomic E-state index is 2.43. The van der Waals surface area contributed by atoms with Gasteiger partial charge in [-0.1, -0.05) is 6.92 Å². The standard InChI is InChI=1S/C13H24N4.2H2O/c1-6-13(16-9-7-14(4)11(16)2)17-10-8-15(5)12(17)3;;/h7-13H,6H2,1-5H3;2*1H2. The van der Waals surface area contributed by atoms with Gasteiger partial charge in [0.1, 0.15) is 6.17 Å². The Morgan fingerprint density at radius 2 is 1.21 bits per heavy atom. The lowest BCUT2D eigenvalue weighted by Gasteiger charge is -2.42. The van der Waals surface area contributed by atoms with Crippen molar-refractivity contribution in [1.29, 1.82) is 0 Å². The van der Waals surface area contributed by atoms with E-state index < -0.39 is 0 Å². The third-order valence-corrected chi connectivity index (χ3v) is 4.04. The van der Waals surface area contributed by atoms with Crippen LogP contribution in [-0.4, -0.2) is 63.1 Å². The summed E-state index contributed by atoms with van der Waals surface area (Å²) in [5, 5.41) is 0. The van der Waals surface area contributed by atoms with Crippen LogP contribution in [0.1, 0.15) is 27.2 Å². The molecule has 2 heterocycles. The molecular formula is C13H28N4O2. The van der Waals surface area contributed by atoms with Gasteiger partial charge in [0, 0.05) is 38.9 Å². The molecule has 6 nitrogen and oxygen atoms in total. The Morgan fingerprint density at radius 1 is 0.842 bits per heavy atom. The molecule has 2 aliphatic heterocycles. The molecule has 0 saturated carbocycles. The van der Waals surface area contributed by atoms with Gasteiger partial charge in [0.05, 0.1) is 12.3 Å². The molecule has 0 aromatic heterocycles.